The third-order valence-corrected chi connectivity index (χ3v) is 7.02. The van der Waals surface area contributed by atoms with Gasteiger partial charge in [0.15, 0.2) is 10.7 Å². The van der Waals surface area contributed by atoms with Crippen LogP contribution >= 0.6 is 28.1 Å². The van der Waals surface area contributed by atoms with Gasteiger partial charge >= 0.3 is 0 Å². The Morgan fingerprint density at radius 2 is 2.08 bits per heavy atom. The highest BCUT2D eigenvalue weighted by molar-refractivity contribution is 9.10. The van der Waals surface area contributed by atoms with Crippen molar-refractivity contribution in [3.8, 4) is 5.75 Å². The monoisotopic (exact) mass is 422 g/mol. The molecule has 2 bridgehead atoms. The third-order valence-electron chi connectivity index (χ3n) is 6.32. The first-order chi connectivity index (χ1) is 12.0. The largest absolute Gasteiger partial charge is 0.489 e. The molecular weight excluding hydrogens is 404 g/mol. The zero-order valence-corrected chi connectivity index (χ0v) is 16.0. The van der Waals surface area contributed by atoms with Gasteiger partial charge in [0.2, 0.25) is 0 Å². The van der Waals surface area contributed by atoms with Crippen LogP contribution in [0.5, 0.6) is 5.75 Å². The highest BCUT2D eigenvalue weighted by Gasteiger charge is 2.58. The maximum atomic E-state index is 12.9. The Morgan fingerprint density at radius 1 is 1.28 bits per heavy atom. The van der Waals surface area contributed by atoms with Crippen LogP contribution in [-0.4, -0.2) is 29.8 Å². The quantitative estimate of drug-likeness (QED) is 0.681. The fourth-order valence-electron chi connectivity index (χ4n) is 4.86. The minimum absolute atomic E-state index is 0.0152. The molecule has 5 aliphatic rings. The van der Waals surface area contributed by atoms with Gasteiger partial charge in [0.25, 0.3) is 5.91 Å². The molecule has 6 rings (SSSR count). The number of rotatable bonds is 1. The summed E-state index contributed by atoms with van der Waals surface area (Å²) >= 11 is 8.76. The molecule has 4 aliphatic heterocycles. The second-order valence-corrected chi connectivity index (χ2v) is 8.96. The Morgan fingerprint density at radius 3 is 2.72 bits per heavy atom. The second kappa shape index (κ2) is 5.41. The van der Waals surface area contributed by atoms with E-state index in [1.165, 1.54) is 0 Å². The molecule has 1 aromatic rings. The average Bonchev–Trinajstić information content (AvgIpc) is 2.91. The number of hydrogen-bond donors (Lipinski definition) is 2. The van der Waals surface area contributed by atoms with E-state index in [-0.39, 0.29) is 17.4 Å². The molecule has 5 nitrogen and oxygen atoms in total. The van der Waals surface area contributed by atoms with Crippen LogP contribution in [-0.2, 0) is 15.1 Å². The number of carbonyl (C=O) groups is 1. The number of thiocarbonyl (C=S) groups is 1. The van der Waals surface area contributed by atoms with Crippen molar-refractivity contribution in [2.24, 2.45) is 5.41 Å². The molecule has 3 saturated heterocycles. The minimum Gasteiger partial charge on any atom is -0.489 e. The minimum atomic E-state index is -0.859. The van der Waals surface area contributed by atoms with Crippen molar-refractivity contribution in [3.05, 3.63) is 28.2 Å². The standard InChI is InChI=1S/C18H19BrN2O3S/c19-10-1-2-13-12(7-10)18(15(22)20-16(25)21-18)8-14(24-13)17-5-3-11(4-6-17)23-9-17/h1-2,7,11,14H,3-6,8-9H2,(H2,20,21,22,25). The Kier molecular flexibility index (Phi) is 3.47. The van der Waals surface area contributed by atoms with E-state index < -0.39 is 5.54 Å². The van der Waals surface area contributed by atoms with E-state index in [2.05, 4.69) is 26.6 Å². The summed E-state index contributed by atoms with van der Waals surface area (Å²) in [6, 6.07) is 5.85. The summed E-state index contributed by atoms with van der Waals surface area (Å²) in [5, 5.41) is 6.42. The Labute approximate surface area is 160 Å². The summed E-state index contributed by atoms with van der Waals surface area (Å²) in [7, 11) is 0. The molecule has 1 amide bonds. The molecule has 0 radical (unpaired) electrons. The van der Waals surface area contributed by atoms with Crippen molar-refractivity contribution in [1.29, 1.82) is 0 Å². The number of ether oxygens (including phenoxy) is 2. The SMILES string of the molecule is O=C1NC(=S)NC12CC(C13CCC(CC1)OC3)Oc1ccc(Br)cc12. The van der Waals surface area contributed by atoms with Crippen molar-refractivity contribution in [2.75, 3.05) is 6.61 Å². The van der Waals surface area contributed by atoms with Gasteiger partial charge in [-0.25, -0.2) is 0 Å². The van der Waals surface area contributed by atoms with E-state index in [0.29, 0.717) is 17.6 Å². The first kappa shape index (κ1) is 16.0. The van der Waals surface area contributed by atoms with Gasteiger partial charge in [-0.2, -0.15) is 0 Å². The number of fused-ring (bicyclic) bond motifs is 5. The van der Waals surface area contributed by atoms with Crippen LogP contribution in [0.3, 0.4) is 0 Å². The van der Waals surface area contributed by atoms with E-state index in [4.69, 9.17) is 21.7 Å². The van der Waals surface area contributed by atoms with Gasteiger partial charge in [-0.3, -0.25) is 4.79 Å². The van der Waals surface area contributed by atoms with Crippen molar-refractivity contribution < 1.29 is 14.3 Å². The Hall–Kier alpha value is -1.18. The summed E-state index contributed by atoms with van der Waals surface area (Å²) in [5.41, 5.74) is -0.0295. The molecule has 2 atom stereocenters. The van der Waals surface area contributed by atoms with Crippen molar-refractivity contribution in [3.63, 3.8) is 0 Å². The smallest absolute Gasteiger partial charge is 0.256 e. The van der Waals surface area contributed by atoms with Gasteiger partial charge < -0.3 is 20.1 Å². The van der Waals surface area contributed by atoms with E-state index in [1.54, 1.807) is 0 Å². The predicted molar refractivity (Wildman–Crippen MR) is 99.4 cm³/mol. The normalized spacial score (nSPS) is 38.9. The average molecular weight is 423 g/mol. The van der Waals surface area contributed by atoms with Gasteiger partial charge in [0.1, 0.15) is 11.9 Å². The molecule has 1 saturated carbocycles. The molecule has 2 N–H and O–H groups in total. The zero-order valence-electron chi connectivity index (χ0n) is 13.6. The van der Waals surface area contributed by atoms with Gasteiger partial charge in [-0.1, -0.05) is 15.9 Å². The number of halogens is 1. The third kappa shape index (κ3) is 2.28. The molecule has 0 aromatic heterocycles. The Balaban J connectivity index is 1.60. The fourth-order valence-corrected chi connectivity index (χ4v) is 5.49. The van der Waals surface area contributed by atoms with Gasteiger partial charge in [-0.15, -0.1) is 0 Å². The van der Waals surface area contributed by atoms with E-state index in [0.717, 1.165) is 48.1 Å². The number of hydrogen-bond acceptors (Lipinski definition) is 4. The van der Waals surface area contributed by atoms with Crippen LogP contribution in [0, 0.1) is 5.41 Å². The molecule has 4 heterocycles. The molecule has 2 unspecified atom stereocenters. The summed E-state index contributed by atoms with van der Waals surface area (Å²) in [6.45, 7) is 0.719. The number of amides is 1. The number of nitrogens with one attached hydrogen (secondary N) is 2. The van der Waals surface area contributed by atoms with Gasteiger partial charge in [0, 0.05) is 21.9 Å². The first-order valence-corrected chi connectivity index (χ1v) is 9.93. The zero-order chi connectivity index (χ0) is 17.2. The molecule has 7 heteroatoms. The predicted octanol–water partition coefficient (Wildman–Crippen LogP) is 2.76. The fraction of sp³-hybridized carbons (Fsp3) is 0.556. The molecule has 1 spiro atoms. The molecule has 25 heavy (non-hydrogen) atoms. The molecule has 1 aliphatic carbocycles. The number of benzene rings is 1. The van der Waals surface area contributed by atoms with Crippen LogP contribution in [0.15, 0.2) is 22.7 Å². The maximum Gasteiger partial charge on any atom is 0.256 e. The molecule has 132 valence electrons. The Bertz CT molecular complexity index is 764. The highest BCUT2D eigenvalue weighted by Crippen LogP contribution is 2.53. The summed E-state index contributed by atoms with van der Waals surface area (Å²) in [6.07, 6.45) is 5.25. The summed E-state index contributed by atoms with van der Waals surface area (Å²) in [4.78, 5) is 12.9. The van der Waals surface area contributed by atoms with Crippen LogP contribution in [0.4, 0.5) is 0 Å². The van der Waals surface area contributed by atoms with Crippen molar-refractivity contribution >= 4 is 39.2 Å². The number of carbonyl (C=O) groups excluding carboxylic acids is 1. The lowest BCUT2D eigenvalue weighted by Crippen LogP contribution is -2.58. The summed E-state index contributed by atoms with van der Waals surface area (Å²) < 4.78 is 13.4. The van der Waals surface area contributed by atoms with Crippen LogP contribution in [0.2, 0.25) is 0 Å². The lowest BCUT2D eigenvalue weighted by Gasteiger charge is -2.53. The molecule has 4 fully saturated rings. The van der Waals surface area contributed by atoms with E-state index >= 15 is 0 Å². The van der Waals surface area contributed by atoms with Gasteiger partial charge in [-0.05, 0) is 56.1 Å². The lowest BCUT2D eigenvalue weighted by molar-refractivity contribution is -0.163. The van der Waals surface area contributed by atoms with Gasteiger partial charge in [0.05, 0.1) is 12.7 Å². The maximum absolute atomic E-state index is 12.9. The lowest BCUT2D eigenvalue weighted by atomic mass is 9.64. The topological polar surface area (TPSA) is 59.6 Å². The second-order valence-electron chi connectivity index (χ2n) is 7.64. The molecule has 1 aromatic carbocycles. The molecular formula is C18H19BrN2O3S. The van der Waals surface area contributed by atoms with Crippen LogP contribution < -0.4 is 15.4 Å². The van der Waals surface area contributed by atoms with Crippen molar-refractivity contribution in [2.45, 2.75) is 49.9 Å². The van der Waals surface area contributed by atoms with Crippen LogP contribution in [0.25, 0.3) is 0 Å². The van der Waals surface area contributed by atoms with E-state index in [9.17, 15) is 4.79 Å². The van der Waals surface area contributed by atoms with Crippen LogP contribution in [0.1, 0.15) is 37.7 Å². The summed E-state index contributed by atoms with van der Waals surface area (Å²) in [5.74, 6) is 0.667. The highest BCUT2D eigenvalue weighted by atomic mass is 79.9. The van der Waals surface area contributed by atoms with Crippen molar-refractivity contribution in [1.82, 2.24) is 10.6 Å². The first-order valence-electron chi connectivity index (χ1n) is 8.73. The van der Waals surface area contributed by atoms with E-state index in [1.807, 2.05) is 18.2 Å².